The summed E-state index contributed by atoms with van der Waals surface area (Å²) in [6.07, 6.45) is 34.2. The largest absolute Gasteiger partial charge is 0.465 e. The van der Waals surface area contributed by atoms with Crippen molar-refractivity contribution in [2.45, 2.75) is 181 Å². The van der Waals surface area contributed by atoms with Crippen LogP contribution in [0.1, 0.15) is 181 Å². The van der Waals surface area contributed by atoms with Gasteiger partial charge in [-0.3, -0.25) is 4.79 Å². The monoisotopic (exact) mass is 502 g/mol. The van der Waals surface area contributed by atoms with Crippen molar-refractivity contribution < 1.29 is 9.53 Å². The van der Waals surface area contributed by atoms with Crippen LogP contribution in [-0.2, 0) is 9.53 Å². The number of esters is 1. The van der Waals surface area contributed by atoms with Crippen LogP contribution in [0.2, 0.25) is 0 Å². The molecule has 0 bridgehead atoms. The van der Waals surface area contributed by atoms with Gasteiger partial charge < -0.3 is 4.74 Å². The fraction of sp³-hybridized carbons (Fsp3) is 0.971. The first-order chi connectivity index (χ1) is 17.7. The van der Waals surface area contributed by atoms with E-state index in [0.717, 1.165) is 31.1 Å². The molecule has 0 unspecified atom stereocenters. The Hall–Kier alpha value is -0.530. The van der Waals surface area contributed by atoms with Crippen LogP contribution >= 0.6 is 0 Å². The lowest BCUT2D eigenvalue weighted by atomic mass is 9.49. The minimum Gasteiger partial charge on any atom is -0.465 e. The van der Waals surface area contributed by atoms with Gasteiger partial charge in [0.15, 0.2) is 0 Å². The summed E-state index contributed by atoms with van der Waals surface area (Å²) < 4.78 is 6.21. The van der Waals surface area contributed by atoms with Crippen LogP contribution in [0.15, 0.2) is 0 Å². The minimum atomic E-state index is -0.185. The highest BCUT2D eigenvalue weighted by Gasteiger charge is 2.57. The van der Waals surface area contributed by atoms with Gasteiger partial charge >= 0.3 is 5.97 Å². The fourth-order valence-corrected chi connectivity index (χ4v) is 8.60. The highest BCUT2D eigenvalue weighted by Crippen LogP contribution is 2.61. The third-order valence-electron chi connectivity index (χ3n) is 10.9. The molecule has 210 valence electrons. The zero-order valence-corrected chi connectivity index (χ0v) is 24.6. The van der Waals surface area contributed by atoms with Crippen LogP contribution < -0.4 is 0 Å². The van der Waals surface area contributed by atoms with Crippen LogP contribution in [0, 0.1) is 22.7 Å². The van der Waals surface area contributed by atoms with Crippen molar-refractivity contribution in [2.24, 2.45) is 22.7 Å². The van der Waals surface area contributed by atoms with Gasteiger partial charge in [0.2, 0.25) is 0 Å². The Morgan fingerprint density at radius 1 is 0.611 bits per heavy atom. The Kier molecular flexibility index (Phi) is 13.7. The van der Waals surface area contributed by atoms with Gasteiger partial charge in [-0.25, -0.2) is 0 Å². The number of unbranched alkanes of at least 4 members (excludes halogenated alkanes) is 9. The summed E-state index contributed by atoms with van der Waals surface area (Å²) in [5.74, 6) is 2.13. The summed E-state index contributed by atoms with van der Waals surface area (Å²) in [6.45, 7) is 5.23. The molecule has 0 aromatic carbocycles. The number of hydrogen-bond donors (Lipinski definition) is 0. The lowest BCUT2D eigenvalue weighted by Gasteiger charge is -2.55. The molecule has 3 saturated carbocycles. The molecule has 3 rings (SSSR count). The maximum atomic E-state index is 14.0. The quantitative estimate of drug-likeness (QED) is 0.155. The molecule has 2 nitrogen and oxygen atoms in total. The molecule has 3 aliphatic carbocycles. The van der Waals surface area contributed by atoms with E-state index in [1.165, 1.54) is 148 Å². The van der Waals surface area contributed by atoms with Gasteiger partial charge in [0.25, 0.3) is 0 Å². The fourth-order valence-electron chi connectivity index (χ4n) is 8.60. The van der Waals surface area contributed by atoms with E-state index >= 15 is 0 Å². The Balaban J connectivity index is 1.68. The molecule has 0 spiro atoms. The van der Waals surface area contributed by atoms with E-state index in [4.69, 9.17) is 4.74 Å². The van der Waals surface area contributed by atoms with Crippen LogP contribution in [-0.4, -0.2) is 12.6 Å². The highest BCUT2D eigenvalue weighted by molar-refractivity contribution is 5.78. The normalized spacial score (nSPS) is 27.1. The second-order valence-electron chi connectivity index (χ2n) is 13.2. The molecular formula is C34H62O2. The molecule has 0 N–H and O–H groups in total. The average Bonchev–Trinajstić information content (AvgIpc) is 2.93. The van der Waals surface area contributed by atoms with E-state index in [1.807, 2.05) is 0 Å². The van der Waals surface area contributed by atoms with Crippen LogP contribution in [0.4, 0.5) is 0 Å². The Morgan fingerprint density at radius 2 is 1.14 bits per heavy atom. The van der Waals surface area contributed by atoms with Crippen molar-refractivity contribution in [1.29, 1.82) is 0 Å². The first-order valence-corrected chi connectivity index (χ1v) is 16.8. The number of carbonyl (C=O) groups is 1. The molecule has 0 aromatic rings. The number of hydrogen-bond acceptors (Lipinski definition) is 2. The van der Waals surface area contributed by atoms with Gasteiger partial charge in [-0.15, -0.1) is 0 Å². The molecule has 3 aliphatic rings. The predicted octanol–water partition coefficient (Wildman–Crippen LogP) is 11.0. The predicted molar refractivity (Wildman–Crippen MR) is 154 cm³/mol. The molecule has 36 heavy (non-hydrogen) atoms. The van der Waals surface area contributed by atoms with Crippen LogP contribution in [0.25, 0.3) is 0 Å². The van der Waals surface area contributed by atoms with Gasteiger partial charge in [-0.1, -0.05) is 129 Å². The lowest BCUT2D eigenvalue weighted by molar-refractivity contribution is -0.175. The van der Waals surface area contributed by atoms with Crippen molar-refractivity contribution in [3.8, 4) is 0 Å². The SMILES string of the molecule is CCCCCCCCC1(C2(C(=O)OCCCCCCC)CCCCC2)CCC(C2CCCCC2)CC1. The van der Waals surface area contributed by atoms with Crippen molar-refractivity contribution in [3.05, 3.63) is 0 Å². The molecule has 0 aliphatic heterocycles. The standard InChI is InChI=1S/C34H62O2/c1-3-5-7-9-10-16-24-33(27-22-31(23-28-33)30-20-14-12-15-21-30)34(25-17-13-18-26-34)32(35)36-29-19-11-8-6-4-2/h30-31H,3-29H2,1-2H3. The van der Waals surface area contributed by atoms with E-state index in [9.17, 15) is 4.79 Å². The van der Waals surface area contributed by atoms with Gasteiger partial charge in [-0.2, -0.15) is 0 Å². The smallest absolute Gasteiger partial charge is 0.312 e. The van der Waals surface area contributed by atoms with E-state index in [2.05, 4.69) is 13.8 Å². The van der Waals surface area contributed by atoms with E-state index < -0.39 is 0 Å². The summed E-state index contributed by atoms with van der Waals surface area (Å²) in [5, 5.41) is 0. The molecule has 0 amide bonds. The molecule has 3 fully saturated rings. The maximum absolute atomic E-state index is 14.0. The second-order valence-corrected chi connectivity index (χ2v) is 13.2. The average molecular weight is 503 g/mol. The second kappa shape index (κ2) is 16.4. The van der Waals surface area contributed by atoms with E-state index in [0.29, 0.717) is 6.61 Å². The molecule has 0 saturated heterocycles. The third kappa shape index (κ3) is 8.23. The Bertz CT molecular complexity index is 576. The summed E-state index contributed by atoms with van der Waals surface area (Å²) in [5.41, 5.74) is 0.0261. The molecule has 0 atom stereocenters. The van der Waals surface area contributed by atoms with Crippen molar-refractivity contribution in [1.82, 2.24) is 0 Å². The van der Waals surface area contributed by atoms with Gasteiger partial charge in [0.1, 0.15) is 0 Å². The van der Waals surface area contributed by atoms with Gasteiger partial charge in [0, 0.05) is 0 Å². The molecule has 0 aromatic heterocycles. The number of ether oxygens (including phenoxy) is 1. The first kappa shape index (κ1) is 30.0. The highest BCUT2D eigenvalue weighted by atomic mass is 16.5. The molecular weight excluding hydrogens is 440 g/mol. The molecule has 2 heteroatoms. The summed E-state index contributed by atoms with van der Waals surface area (Å²) in [4.78, 5) is 14.0. The van der Waals surface area contributed by atoms with Crippen LogP contribution in [0.5, 0.6) is 0 Å². The Labute approximate surface area is 225 Å². The maximum Gasteiger partial charge on any atom is 0.312 e. The zero-order valence-electron chi connectivity index (χ0n) is 24.6. The summed E-state index contributed by atoms with van der Waals surface area (Å²) >= 11 is 0. The van der Waals surface area contributed by atoms with E-state index in [1.54, 1.807) is 0 Å². The Morgan fingerprint density at radius 3 is 1.78 bits per heavy atom. The van der Waals surface area contributed by atoms with E-state index in [-0.39, 0.29) is 16.8 Å². The number of rotatable bonds is 16. The van der Waals surface area contributed by atoms with Gasteiger partial charge in [-0.05, 0) is 68.6 Å². The zero-order chi connectivity index (χ0) is 25.5. The first-order valence-electron chi connectivity index (χ1n) is 16.8. The van der Waals surface area contributed by atoms with Crippen molar-refractivity contribution in [3.63, 3.8) is 0 Å². The summed E-state index contributed by atoms with van der Waals surface area (Å²) in [6, 6.07) is 0. The van der Waals surface area contributed by atoms with Crippen molar-refractivity contribution >= 4 is 5.97 Å². The minimum absolute atomic E-state index is 0.185. The van der Waals surface area contributed by atoms with Crippen molar-refractivity contribution in [2.75, 3.05) is 6.61 Å². The van der Waals surface area contributed by atoms with Gasteiger partial charge in [0.05, 0.1) is 12.0 Å². The molecule has 0 radical (unpaired) electrons. The number of carbonyl (C=O) groups excluding carboxylic acids is 1. The topological polar surface area (TPSA) is 26.3 Å². The molecule has 0 heterocycles. The van der Waals surface area contributed by atoms with Crippen LogP contribution in [0.3, 0.4) is 0 Å². The summed E-state index contributed by atoms with van der Waals surface area (Å²) in [7, 11) is 0. The lowest BCUT2D eigenvalue weighted by Crippen LogP contribution is -2.52. The third-order valence-corrected chi connectivity index (χ3v) is 10.9.